The lowest BCUT2D eigenvalue weighted by molar-refractivity contribution is 0.264. The van der Waals surface area contributed by atoms with E-state index in [1.165, 1.54) is 0 Å². The maximum Gasteiger partial charge on any atom is 0.134 e. The van der Waals surface area contributed by atoms with E-state index in [0.717, 1.165) is 0 Å². The van der Waals surface area contributed by atoms with Gasteiger partial charge in [-0.2, -0.15) is 0 Å². The lowest BCUT2D eigenvalue weighted by Crippen LogP contribution is -1.89. The Morgan fingerprint density at radius 2 is 1.32 bits per heavy atom. The van der Waals surface area contributed by atoms with Crippen LogP contribution >= 0.6 is 11.6 Å². The summed E-state index contributed by atoms with van der Waals surface area (Å²) < 4.78 is 0. The number of phenolic OH excluding ortho intramolecular Hbond substituents is 1. The first-order valence-corrected chi connectivity index (χ1v) is 5.93. The molecule has 0 spiro atoms. The molecule has 0 aliphatic carbocycles. The monoisotopic (exact) mass is 282 g/mol. The first-order valence-electron chi connectivity index (χ1n) is 5.55. The smallest absolute Gasteiger partial charge is 0.134 e. The van der Waals surface area contributed by atoms with Crippen molar-refractivity contribution in [2.24, 2.45) is 0 Å². The molecule has 0 amide bonds. The van der Waals surface area contributed by atoms with Gasteiger partial charge in [-0.15, -0.1) is 0 Å². The predicted octanol–water partition coefficient (Wildman–Crippen LogP) is 2.42. The Labute approximate surface area is 116 Å². The number of hydrogen-bond acceptors (Lipinski definition) is 4. The van der Waals surface area contributed by atoms with Crippen molar-refractivity contribution in [3.05, 3.63) is 58.6 Å². The second-order valence-corrected chi connectivity index (χ2v) is 4.10. The molecule has 2 aromatic carbocycles. The van der Waals surface area contributed by atoms with E-state index >= 15 is 0 Å². The first-order chi connectivity index (χ1) is 9.10. The van der Waals surface area contributed by atoms with Gasteiger partial charge in [0, 0.05) is 11.1 Å². The Bertz CT molecular complexity index is 485. The van der Waals surface area contributed by atoms with Crippen LogP contribution in [0.5, 0.6) is 11.5 Å². The summed E-state index contributed by atoms with van der Waals surface area (Å²) in [6, 6.07) is 11.6. The van der Waals surface area contributed by atoms with Crippen LogP contribution in [0.4, 0.5) is 0 Å². The number of hydrogen-bond donors (Lipinski definition) is 4. The third kappa shape index (κ3) is 4.44. The highest BCUT2D eigenvalue weighted by molar-refractivity contribution is 6.31. The number of benzene rings is 2. The number of aromatic hydroxyl groups is 2. The molecule has 0 heterocycles. The predicted molar refractivity (Wildman–Crippen MR) is 73.1 cm³/mol. The second-order valence-electron chi connectivity index (χ2n) is 3.69. The van der Waals surface area contributed by atoms with Crippen LogP contribution < -0.4 is 0 Å². The summed E-state index contributed by atoms with van der Waals surface area (Å²) in [5, 5.41) is 35.8. The lowest BCUT2D eigenvalue weighted by atomic mass is 10.1. The second kappa shape index (κ2) is 7.63. The maximum atomic E-state index is 9.27. The van der Waals surface area contributed by atoms with Gasteiger partial charge >= 0.3 is 0 Å². The summed E-state index contributed by atoms with van der Waals surface area (Å²) >= 11 is 5.46. The van der Waals surface area contributed by atoms with Crippen LogP contribution in [0.15, 0.2) is 42.5 Å². The molecule has 0 unspecified atom stereocenters. The fourth-order valence-electron chi connectivity index (χ4n) is 1.35. The van der Waals surface area contributed by atoms with Crippen molar-refractivity contribution >= 4 is 11.6 Å². The molecule has 0 bridgehead atoms. The molecule has 19 heavy (non-hydrogen) atoms. The molecule has 4 nitrogen and oxygen atoms in total. The van der Waals surface area contributed by atoms with Crippen LogP contribution in [0.1, 0.15) is 11.1 Å². The zero-order chi connectivity index (χ0) is 14.3. The standard InChI is InChI=1S/C8H10O3.C6H5ClO/c9-4-6-2-1-3-7(5-10)8(6)11;7-5-3-1-2-4-6(5)8/h1-3,9-11H,4-5H2;1-4,8H. The Hall–Kier alpha value is -1.75. The summed E-state index contributed by atoms with van der Waals surface area (Å²) in [5.74, 6) is 0.117. The Kier molecular flexibility index (Phi) is 6.15. The lowest BCUT2D eigenvalue weighted by Gasteiger charge is -2.04. The van der Waals surface area contributed by atoms with Crippen LogP contribution in [-0.4, -0.2) is 20.4 Å². The minimum absolute atomic E-state index is 0.0162. The van der Waals surface area contributed by atoms with Crippen LogP contribution in [0, 0.1) is 0 Å². The van der Waals surface area contributed by atoms with E-state index in [1.54, 1.807) is 42.5 Å². The quantitative estimate of drug-likeness (QED) is 0.682. The van der Waals surface area contributed by atoms with Gasteiger partial charge in [-0.25, -0.2) is 0 Å². The zero-order valence-corrected chi connectivity index (χ0v) is 10.9. The number of para-hydroxylation sites is 2. The number of phenols is 2. The summed E-state index contributed by atoms with van der Waals surface area (Å²) in [6.07, 6.45) is 0. The average Bonchev–Trinajstić information content (AvgIpc) is 2.43. The average molecular weight is 283 g/mol. The van der Waals surface area contributed by atoms with Gasteiger partial charge in [0.25, 0.3) is 0 Å². The van der Waals surface area contributed by atoms with Gasteiger partial charge in [-0.1, -0.05) is 41.9 Å². The molecular weight excluding hydrogens is 268 g/mol. The van der Waals surface area contributed by atoms with Crippen molar-refractivity contribution in [2.45, 2.75) is 13.2 Å². The van der Waals surface area contributed by atoms with Crippen molar-refractivity contribution in [1.82, 2.24) is 0 Å². The number of aliphatic hydroxyl groups excluding tert-OH is 2. The SMILES string of the molecule is OCc1cccc(CO)c1O.Oc1ccccc1Cl. The fourth-order valence-corrected chi connectivity index (χ4v) is 1.49. The Balaban J connectivity index is 0.000000200. The molecule has 0 aromatic heterocycles. The van der Waals surface area contributed by atoms with Gasteiger partial charge in [-0.3, -0.25) is 0 Å². The molecule has 102 valence electrons. The maximum absolute atomic E-state index is 9.27. The normalized spacial score (nSPS) is 9.63. The van der Waals surface area contributed by atoms with E-state index in [-0.39, 0.29) is 24.7 Å². The number of halogens is 1. The van der Waals surface area contributed by atoms with Crippen molar-refractivity contribution in [1.29, 1.82) is 0 Å². The Morgan fingerprint density at radius 3 is 1.68 bits per heavy atom. The molecule has 0 saturated heterocycles. The van der Waals surface area contributed by atoms with Crippen LogP contribution in [0.25, 0.3) is 0 Å². The van der Waals surface area contributed by atoms with Crippen molar-refractivity contribution < 1.29 is 20.4 Å². The highest BCUT2D eigenvalue weighted by Crippen LogP contribution is 2.22. The summed E-state index contributed by atoms with van der Waals surface area (Å²) in [6.45, 7) is -0.417. The van der Waals surface area contributed by atoms with E-state index < -0.39 is 0 Å². The summed E-state index contributed by atoms with van der Waals surface area (Å²) in [7, 11) is 0. The molecule has 0 saturated carbocycles. The third-order valence-corrected chi connectivity index (χ3v) is 2.72. The molecule has 0 aliphatic rings. The molecule has 5 heteroatoms. The molecule has 2 rings (SSSR count). The van der Waals surface area contributed by atoms with Crippen LogP contribution in [0.2, 0.25) is 5.02 Å². The van der Waals surface area contributed by atoms with E-state index in [0.29, 0.717) is 16.1 Å². The summed E-state index contributed by atoms with van der Waals surface area (Å²) in [4.78, 5) is 0. The first kappa shape index (κ1) is 15.3. The zero-order valence-electron chi connectivity index (χ0n) is 10.1. The molecule has 2 aromatic rings. The molecule has 0 fully saturated rings. The van der Waals surface area contributed by atoms with Crippen LogP contribution in [-0.2, 0) is 13.2 Å². The van der Waals surface area contributed by atoms with E-state index in [9.17, 15) is 5.11 Å². The topological polar surface area (TPSA) is 80.9 Å². The van der Waals surface area contributed by atoms with Gasteiger partial charge in [0.2, 0.25) is 0 Å². The molecule has 4 N–H and O–H groups in total. The third-order valence-electron chi connectivity index (χ3n) is 2.40. The van der Waals surface area contributed by atoms with Crippen molar-refractivity contribution in [3.63, 3.8) is 0 Å². The van der Waals surface area contributed by atoms with Crippen molar-refractivity contribution in [3.8, 4) is 11.5 Å². The number of aliphatic hydroxyl groups is 2. The minimum atomic E-state index is -0.209. The number of rotatable bonds is 2. The van der Waals surface area contributed by atoms with E-state index in [2.05, 4.69) is 0 Å². The molecule has 0 radical (unpaired) electrons. The summed E-state index contributed by atoms with van der Waals surface area (Å²) in [5.41, 5.74) is 0.883. The van der Waals surface area contributed by atoms with Gasteiger partial charge in [0.1, 0.15) is 11.5 Å². The van der Waals surface area contributed by atoms with Gasteiger partial charge in [0.15, 0.2) is 0 Å². The largest absolute Gasteiger partial charge is 0.507 e. The van der Waals surface area contributed by atoms with Crippen LogP contribution in [0.3, 0.4) is 0 Å². The highest BCUT2D eigenvalue weighted by atomic mass is 35.5. The highest BCUT2D eigenvalue weighted by Gasteiger charge is 2.03. The van der Waals surface area contributed by atoms with E-state index in [1.807, 2.05) is 0 Å². The molecule has 0 aliphatic heterocycles. The molecule has 0 atom stereocenters. The van der Waals surface area contributed by atoms with E-state index in [4.69, 9.17) is 26.9 Å². The van der Waals surface area contributed by atoms with Gasteiger partial charge < -0.3 is 20.4 Å². The Morgan fingerprint density at radius 1 is 0.789 bits per heavy atom. The molecular formula is C14H15ClO4. The van der Waals surface area contributed by atoms with Gasteiger partial charge in [-0.05, 0) is 12.1 Å². The van der Waals surface area contributed by atoms with Gasteiger partial charge in [0.05, 0.1) is 18.2 Å². The minimum Gasteiger partial charge on any atom is -0.507 e. The fraction of sp³-hybridized carbons (Fsp3) is 0.143. The van der Waals surface area contributed by atoms with Crippen molar-refractivity contribution in [2.75, 3.05) is 0 Å².